The van der Waals surface area contributed by atoms with Gasteiger partial charge in [-0.1, -0.05) is 29.8 Å². The molecule has 1 atom stereocenters. The van der Waals surface area contributed by atoms with Gasteiger partial charge in [0.25, 0.3) is 0 Å². The molecule has 0 saturated carbocycles. The zero-order chi connectivity index (χ0) is 10.8. The molecule has 1 aromatic heterocycles. The van der Waals surface area contributed by atoms with Gasteiger partial charge in [0.1, 0.15) is 6.04 Å². The fraction of sp³-hybridized carbons (Fsp3) is 0.273. The summed E-state index contributed by atoms with van der Waals surface area (Å²) in [5.74, 6) is 0.992. The standard InChI is InChI=1S/C11H13N3O/c1-7-4-3-5-9(6-7)10(12)11-14-13-8(2)15-11/h3-6,10H,12H2,1-2H3. The fourth-order valence-electron chi connectivity index (χ4n) is 1.44. The summed E-state index contributed by atoms with van der Waals surface area (Å²) in [5, 5.41) is 7.67. The lowest BCUT2D eigenvalue weighted by molar-refractivity contribution is 0.450. The van der Waals surface area contributed by atoms with Crippen molar-refractivity contribution in [3.05, 3.63) is 47.2 Å². The first-order chi connectivity index (χ1) is 7.16. The van der Waals surface area contributed by atoms with E-state index < -0.39 is 0 Å². The molecule has 2 rings (SSSR count). The summed E-state index contributed by atoms with van der Waals surface area (Å²) in [6.45, 7) is 3.77. The minimum absolute atomic E-state index is 0.342. The van der Waals surface area contributed by atoms with Gasteiger partial charge >= 0.3 is 0 Å². The first kappa shape index (κ1) is 9.86. The molecule has 2 aromatic rings. The fourth-order valence-corrected chi connectivity index (χ4v) is 1.44. The predicted octanol–water partition coefficient (Wildman–Crippen LogP) is 1.73. The third-order valence-corrected chi connectivity index (χ3v) is 2.21. The maximum atomic E-state index is 6.00. The van der Waals surface area contributed by atoms with E-state index in [2.05, 4.69) is 10.2 Å². The summed E-state index contributed by atoms with van der Waals surface area (Å²) in [5.41, 5.74) is 8.15. The average molecular weight is 203 g/mol. The third-order valence-electron chi connectivity index (χ3n) is 2.21. The van der Waals surface area contributed by atoms with Crippen molar-refractivity contribution in [1.82, 2.24) is 10.2 Å². The van der Waals surface area contributed by atoms with E-state index in [0.717, 1.165) is 5.56 Å². The lowest BCUT2D eigenvalue weighted by Gasteiger charge is -2.07. The average Bonchev–Trinajstić information content (AvgIpc) is 2.64. The second-order valence-corrected chi connectivity index (χ2v) is 3.55. The second-order valence-electron chi connectivity index (χ2n) is 3.55. The molecule has 0 bridgehead atoms. The normalized spacial score (nSPS) is 12.7. The van der Waals surface area contributed by atoms with Crippen molar-refractivity contribution in [2.75, 3.05) is 0 Å². The number of benzene rings is 1. The lowest BCUT2D eigenvalue weighted by atomic mass is 10.1. The van der Waals surface area contributed by atoms with Crippen LogP contribution in [0.2, 0.25) is 0 Å². The molecule has 0 aliphatic carbocycles. The number of rotatable bonds is 2. The van der Waals surface area contributed by atoms with E-state index in [0.29, 0.717) is 11.8 Å². The monoisotopic (exact) mass is 203 g/mol. The van der Waals surface area contributed by atoms with E-state index in [1.165, 1.54) is 5.56 Å². The summed E-state index contributed by atoms with van der Waals surface area (Å²) < 4.78 is 5.29. The highest BCUT2D eigenvalue weighted by Gasteiger charge is 2.14. The summed E-state index contributed by atoms with van der Waals surface area (Å²) >= 11 is 0. The van der Waals surface area contributed by atoms with Gasteiger partial charge in [0.2, 0.25) is 11.8 Å². The molecule has 15 heavy (non-hydrogen) atoms. The van der Waals surface area contributed by atoms with Crippen molar-refractivity contribution in [1.29, 1.82) is 0 Å². The van der Waals surface area contributed by atoms with Crippen molar-refractivity contribution in [2.45, 2.75) is 19.9 Å². The van der Waals surface area contributed by atoms with Crippen LogP contribution in [0.5, 0.6) is 0 Å². The Morgan fingerprint density at radius 2 is 2.07 bits per heavy atom. The Bertz CT molecular complexity index is 464. The molecule has 1 unspecified atom stereocenters. The molecule has 4 nitrogen and oxygen atoms in total. The maximum absolute atomic E-state index is 6.00. The summed E-state index contributed by atoms with van der Waals surface area (Å²) in [7, 11) is 0. The highest BCUT2D eigenvalue weighted by atomic mass is 16.4. The van der Waals surface area contributed by atoms with Crippen LogP contribution >= 0.6 is 0 Å². The quantitative estimate of drug-likeness (QED) is 0.807. The molecule has 1 heterocycles. The molecule has 78 valence electrons. The van der Waals surface area contributed by atoms with E-state index in [4.69, 9.17) is 10.2 Å². The molecule has 2 N–H and O–H groups in total. The molecule has 0 aliphatic rings. The molecule has 1 aromatic carbocycles. The first-order valence-corrected chi connectivity index (χ1v) is 4.79. The van der Waals surface area contributed by atoms with Crippen molar-refractivity contribution < 1.29 is 4.42 Å². The molecule has 0 fully saturated rings. The molecule has 0 radical (unpaired) electrons. The van der Waals surface area contributed by atoms with Gasteiger partial charge in [-0.2, -0.15) is 0 Å². The van der Waals surface area contributed by atoms with Crippen LogP contribution in [0.15, 0.2) is 28.7 Å². The smallest absolute Gasteiger partial charge is 0.237 e. The van der Waals surface area contributed by atoms with Crippen LogP contribution < -0.4 is 5.73 Å². The number of hydrogen-bond donors (Lipinski definition) is 1. The number of nitrogens with zero attached hydrogens (tertiary/aromatic N) is 2. The van der Waals surface area contributed by atoms with Gasteiger partial charge in [-0.25, -0.2) is 0 Å². The Morgan fingerprint density at radius 1 is 1.27 bits per heavy atom. The van der Waals surface area contributed by atoms with E-state index in [1.807, 2.05) is 31.2 Å². The van der Waals surface area contributed by atoms with Gasteiger partial charge in [0.05, 0.1) is 0 Å². The van der Waals surface area contributed by atoms with Gasteiger partial charge in [-0.05, 0) is 12.5 Å². The van der Waals surface area contributed by atoms with Crippen molar-refractivity contribution in [3.8, 4) is 0 Å². The summed E-state index contributed by atoms with van der Waals surface area (Å²) in [4.78, 5) is 0. The molecule has 4 heteroatoms. The van der Waals surface area contributed by atoms with Crippen LogP contribution in [-0.4, -0.2) is 10.2 Å². The molecule has 0 saturated heterocycles. The Morgan fingerprint density at radius 3 is 2.67 bits per heavy atom. The van der Waals surface area contributed by atoms with E-state index in [-0.39, 0.29) is 6.04 Å². The summed E-state index contributed by atoms with van der Waals surface area (Å²) in [6.07, 6.45) is 0. The number of hydrogen-bond acceptors (Lipinski definition) is 4. The zero-order valence-corrected chi connectivity index (χ0v) is 8.77. The van der Waals surface area contributed by atoms with Gasteiger partial charge < -0.3 is 10.2 Å². The number of nitrogens with two attached hydrogens (primary N) is 1. The van der Waals surface area contributed by atoms with Crippen LogP contribution in [0.4, 0.5) is 0 Å². The third kappa shape index (κ3) is 2.05. The number of aryl methyl sites for hydroxylation is 2. The molecule has 0 aliphatic heterocycles. The van der Waals surface area contributed by atoms with Crippen molar-refractivity contribution >= 4 is 0 Å². The molecular weight excluding hydrogens is 190 g/mol. The van der Waals surface area contributed by atoms with Crippen molar-refractivity contribution in [3.63, 3.8) is 0 Å². The van der Waals surface area contributed by atoms with Crippen LogP contribution in [0.3, 0.4) is 0 Å². The molecule has 0 spiro atoms. The Labute approximate surface area is 88.1 Å². The lowest BCUT2D eigenvalue weighted by Crippen LogP contribution is -2.12. The van der Waals surface area contributed by atoms with Crippen molar-refractivity contribution in [2.24, 2.45) is 5.73 Å². The van der Waals surface area contributed by atoms with Crippen LogP contribution in [0.25, 0.3) is 0 Å². The predicted molar refractivity (Wildman–Crippen MR) is 56.2 cm³/mol. The van der Waals surface area contributed by atoms with Crippen LogP contribution in [-0.2, 0) is 0 Å². The van der Waals surface area contributed by atoms with Gasteiger partial charge in [0.15, 0.2) is 0 Å². The van der Waals surface area contributed by atoms with E-state index in [9.17, 15) is 0 Å². The largest absolute Gasteiger partial charge is 0.424 e. The minimum atomic E-state index is -0.342. The van der Waals surface area contributed by atoms with Gasteiger partial charge in [-0.15, -0.1) is 10.2 Å². The summed E-state index contributed by atoms with van der Waals surface area (Å²) in [6, 6.07) is 7.62. The molecular formula is C11H13N3O. The molecule has 0 amide bonds. The number of aromatic nitrogens is 2. The Hall–Kier alpha value is -1.68. The van der Waals surface area contributed by atoms with Crippen LogP contribution in [0, 0.1) is 13.8 Å². The Balaban J connectivity index is 2.32. The Kier molecular flexibility index (Phi) is 2.51. The topological polar surface area (TPSA) is 64.9 Å². The highest BCUT2D eigenvalue weighted by molar-refractivity contribution is 5.27. The van der Waals surface area contributed by atoms with E-state index >= 15 is 0 Å². The maximum Gasteiger partial charge on any atom is 0.237 e. The highest BCUT2D eigenvalue weighted by Crippen LogP contribution is 2.18. The van der Waals surface area contributed by atoms with Crippen LogP contribution in [0.1, 0.15) is 29.0 Å². The SMILES string of the molecule is Cc1cccc(C(N)c2nnc(C)o2)c1. The van der Waals surface area contributed by atoms with Gasteiger partial charge in [0, 0.05) is 6.92 Å². The first-order valence-electron chi connectivity index (χ1n) is 4.79. The second kappa shape index (κ2) is 3.82. The van der Waals surface area contributed by atoms with Gasteiger partial charge in [-0.3, -0.25) is 0 Å². The van der Waals surface area contributed by atoms with E-state index in [1.54, 1.807) is 6.92 Å². The minimum Gasteiger partial charge on any atom is -0.424 e. The zero-order valence-electron chi connectivity index (χ0n) is 8.77.